The maximum atomic E-state index is 10.3. The van der Waals surface area contributed by atoms with E-state index in [9.17, 15) is 4.79 Å². The summed E-state index contributed by atoms with van der Waals surface area (Å²) in [6.07, 6.45) is 0.818. The molecule has 60 valence electrons. The zero-order chi connectivity index (χ0) is 8.27. The van der Waals surface area contributed by atoms with Gasteiger partial charge in [0, 0.05) is 0 Å². The lowest BCUT2D eigenvalue weighted by molar-refractivity contribution is 0.259. The molecule has 5 nitrogen and oxygen atoms in total. The number of hydrogen-bond donors (Lipinski definition) is 2. The molecule has 1 heterocycles. The number of amides is 2. The highest BCUT2D eigenvalue weighted by Gasteiger charge is 2.02. The topological polar surface area (TPSA) is 80.9 Å². The third-order valence-electron chi connectivity index (χ3n) is 0.999. The molecule has 0 fully saturated rings. The van der Waals surface area contributed by atoms with Crippen LogP contribution in [0.5, 0.6) is 0 Å². The van der Waals surface area contributed by atoms with Gasteiger partial charge >= 0.3 is 6.03 Å². The van der Waals surface area contributed by atoms with Crippen molar-refractivity contribution in [3.63, 3.8) is 0 Å². The molecule has 1 rings (SSSR count). The fourth-order valence-electron chi connectivity index (χ4n) is 0.552. The first-order chi connectivity index (χ1) is 5.22. The zero-order valence-corrected chi connectivity index (χ0v) is 6.81. The van der Waals surface area contributed by atoms with Gasteiger partial charge in [-0.05, 0) is 6.42 Å². The molecule has 0 spiro atoms. The lowest BCUT2D eigenvalue weighted by Gasteiger charge is -1.90. The highest BCUT2D eigenvalue weighted by molar-refractivity contribution is 7.15. The second-order valence-electron chi connectivity index (χ2n) is 1.84. The minimum atomic E-state index is -0.608. The van der Waals surface area contributed by atoms with Crippen molar-refractivity contribution in [3.8, 4) is 0 Å². The van der Waals surface area contributed by atoms with Crippen LogP contribution in [0.3, 0.4) is 0 Å². The molecule has 6 heteroatoms. The normalized spacial score (nSPS) is 9.55. The molecule has 0 saturated carbocycles. The van der Waals surface area contributed by atoms with Crippen molar-refractivity contribution in [2.75, 3.05) is 5.32 Å². The van der Waals surface area contributed by atoms with Gasteiger partial charge in [-0.2, -0.15) is 0 Å². The number of rotatable bonds is 2. The lowest BCUT2D eigenvalue weighted by Crippen LogP contribution is -2.18. The summed E-state index contributed by atoms with van der Waals surface area (Å²) in [5.74, 6) is 0. The van der Waals surface area contributed by atoms with E-state index in [1.54, 1.807) is 0 Å². The Balaban J connectivity index is 2.65. The first-order valence-corrected chi connectivity index (χ1v) is 3.93. The van der Waals surface area contributed by atoms with Crippen LogP contribution in [0.1, 0.15) is 11.9 Å². The van der Waals surface area contributed by atoms with E-state index in [0.717, 1.165) is 11.4 Å². The molecule has 11 heavy (non-hydrogen) atoms. The first-order valence-electron chi connectivity index (χ1n) is 3.11. The Bertz CT molecular complexity index is 259. The molecule has 0 aromatic carbocycles. The second-order valence-corrected chi connectivity index (χ2v) is 2.91. The van der Waals surface area contributed by atoms with Crippen molar-refractivity contribution in [3.05, 3.63) is 5.01 Å². The Morgan fingerprint density at radius 1 is 1.73 bits per heavy atom. The molecule has 2 amide bonds. The first kappa shape index (κ1) is 7.93. The van der Waals surface area contributed by atoms with E-state index in [1.165, 1.54) is 11.3 Å². The van der Waals surface area contributed by atoms with Crippen molar-refractivity contribution >= 4 is 22.5 Å². The molecule has 1 aromatic heterocycles. The summed E-state index contributed by atoms with van der Waals surface area (Å²) in [6, 6.07) is -0.608. The van der Waals surface area contributed by atoms with Gasteiger partial charge < -0.3 is 5.73 Å². The number of carbonyl (C=O) groups is 1. The van der Waals surface area contributed by atoms with Gasteiger partial charge in [0.05, 0.1) is 0 Å². The Hall–Kier alpha value is -1.17. The van der Waals surface area contributed by atoms with Gasteiger partial charge in [-0.3, -0.25) is 5.32 Å². The maximum absolute atomic E-state index is 10.3. The van der Waals surface area contributed by atoms with Gasteiger partial charge in [0.25, 0.3) is 0 Å². The number of anilines is 1. The highest BCUT2D eigenvalue weighted by atomic mass is 32.1. The molecule has 0 radical (unpaired) electrons. The van der Waals surface area contributed by atoms with E-state index in [1.807, 2.05) is 6.92 Å². The quantitative estimate of drug-likeness (QED) is 0.685. The zero-order valence-electron chi connectivity index (χ0n) is 6.00. The number of nitrogens with zero attached hydrogens (tertiary/aromatic N) is 2. The van der Waals surface area contributed by atoms with Crippen LogP contribution in [0.2, 0.25) is 0 Å². The number of hydrogen-bond acceptors (Lipinski definition) is 4. The van der Waals surface area contributed by atoms with Gasteiger partial charge in [-0.15, -0.1) is 10.2 Å². The molecular weight excluding hydrogens is 164 g/mol. The molecule has 1 aromatic rings. The summed E-state index contributed by atoms with van der Waals surface area (Å²) in [6.45, 7) is 1.97. The van der Waals surface area contributed by atoms with Crippen LogP contribution in [0.4, 0.5) is 9.93 Å². The number of aryl methyl sites for hydroxylation is 1. The average Bonchev–Trinajstić information content (AvgIpc) is 2.34. The van der Waals surface area contributed by atoms with Crippen molar-refractivity contribution in [1.29, 1.82) is 0 Å². The Kier molecular flexibility index (Phi) is 2.37. The monoisotopic (exact) mass is 172 g/mol. The van der Waals surface area contributed by atoms with Gasteiger partial charge in [0.1, 0.15) is 5.01 Å². The number of carbonyl (C=O) groups excluding carboxylic acids is 1. The van der Waals surface area contributed by atoms with E-state index >= 15 is 0 Å². The fourth-order valence-corrected chi connectivity index (χ4v) is 1.23. The predicted octanol–water partition coefficient (Wildman–Crippen LogP) is 0.591. The molecule has 0 atom stereocenters. The molecule has 0 unspecified atom stereocenters. The molecule has 3 N–H and O–H groups in total. The average molecular weight is 172 g/mol. The van der Waals surface area contributed by atoms with Gasteiger partial charge in [0.15, 0.2) is 0 Å². The van der Waals surface area contributed by atoms with Crippen LogP contribution < -0.4 is 11.1 Å². The van der Waals surface area contributed by atoms with E-state index < -0.39 is 6.03 Å². The van der Waals surface area contributed by atoms with Crippen LogP contribution in [0.25, 0.3) is 0 Å². The molecular formula is C5H8N4OS. The molecule has 0 bridgehead atoms. The minimum Gasteiger partial charge on any atom is -0.351 e. The summed E-state index contributed by atoms with van der Waals surface area (Å²) in [5.41, 5.74) is 4.86. The van der Waals surface area contributed by atoms with Gasteiger partial charge in [-0.25, -0.2) is 4.79 Å². The standard InChI is InChI=1S/C5H8N4OS/c1-2-3-8-9-5(11-3)7-4(6)10/h2H2,1H3,(H3,6,7,9,10). The Labute approximate surface area is 67.6 Å². The summed E-state index contributed by atoms with van der Waals surface area (Å²) in [5, 5.41) is 11.1. The van der Waals surface area contributed by atoms with Gasteiger partial charge in [0.2, 0.25) is 5.13 Å². The Morgan fingerprint density at radius 2 is 2.45 bits per heavy atom. The van der Waals surface area contributed by atoms with Crippen LogP contribution in [0.15, 0.2) is 0 Å². The summed E-state index contributed by atoms with van der Waals surface area (Å²) in [4.78, 5) is 10.3. The molecule has 0 saturated heterocycles. The summed E-state index contributed by atoms with van der Waals surface area (Å²) in [7, 11) is 0. The SMILES string of the molecule is CCc1nnc(NC(N)=O)s1. The Morgan fingerprint density at radius 3 is 2.91 bits per heavy atom. The van der Waals surface area contributed by atoms with E-state index in [2.05, 4.69) is 15.5 Å². The van der Waals surface area contributed by atoms with E-state index in [4.69, 9.17) is 5.73 Å². The molecule has 0 aliphatic rings. The van der Waals surface area contributed by atoms with Crippen molar-refractivity contribution in [1.82, 2.24) is 10.2 Å². The number of aromatic nitrogens is 2. The maximum Gasteiger partial charge on any atom is 0.318 e. The van der Waals surface area contributed by atoms with Crippen molar-refractivity contribution in [2.45, 2.75) is 13.3 Å². The second kappa shape index (κ2) is 3.29. The van der Waals surface area contributed by atoms with Crippen molar-refractivity contribution in [2.24, 2.45) is 5.73 Å². The number of urea groups is 1. The number of nitrogens with one attached hydrogen (secondary N) is 1. The van der Waals surface area contributed by atoms with Gasteiger partial charge in [-0.1, -0.05) is 18.3 Å². The lowest BCUT2D eigenvalue weighted by atomic mass is 10.5. The van der Waals surface area contributed by atoms with Crippen LogP contribution in [-0.4, -0.2) is 16.2 Å². The largest absolute Gasteiger partial charge is 0.351 e. The van der Waals surface area contributed by atoms with E-state index in [-0.39, 0.29) is 0 Å². The highest BCUT2D eigenvalue weighted by Crippen LogP contribution is 2.14. The van der Waals surface area contributed by atoms with Crippen LogP contribution in [0, 0.1) is 0 Å². The molecule has 0 aliphatic carbocycles. The minimum absolute atomic E-state index is 0.453. The summed E-state index contributed by atoms with van der Waals surface area (Å²) >= 11 is 1.33. The smallest absolute Gasteiger partial charge is 0.318 e. The molecule has 0 aliphatic heterocycles. The van der Waals surface area contributed by atoms with E-state index in [0.29, 0.717) is 5.13 Å². The number of primary amides is 1. The third-order valence-corrected chi connectivity index (χ3v) is 1.98. The number of nitrogens with two attached hydrogens (primary N) is 1. The van der Waals surface area contributed by atoms with Crippen LogP contribution >= 0.6 is 11.3 Å². The third kappa shape index (κ3) is 2.15. The van der Waals surface area contributed by atoms with Crippen LogP contribution in [-0.2, 0) is 6.42 Å². The predicted molar refractivity (Wildman–Crippen MR) is 42.5 cm³/mol. The summed E-state index contributed by atoms with van der Waals surface area (Å²) < 4.78 is 0. The fraction of sp³-hybridized carbons (Fsp3) is 0.400. The van der Waals surface area contributed by atoms with Crippen molar-refractivity contribution < 1.29 is 4.79 Å².